The first kappa shape index (κ1) is 21.8. The molecule has 0 saturated carbocycles. The Kier molecular flexibility index (Phi) is 5.55. The number of thiophene rings is 1. The van der Waals surface area contributed by atoms with Gasteiger partial charge in [-0.05, 0) is 54.4 Å². The van der Waals surface area contributed by atoms with Crippen molar-refractivity contribution in [3.8, 4) is 21.8 Å². The molecule has 0 spiro atoms. The molecule has 8 nitrogen and oxygen atoms in total. The maximum atomic E-state index is 15.0. The Morgan fingerprint density at radius 1 is 1.30 bits per heavy atom. The molecule has 3 N–H and O–H groups in total. The molecule has 11 heteroatoms. The van der Waals surface area contributed by atoms with Crippen molar-refractivity contribution in [1.82, 2.24) is 30.5 Å². The zero-order chi connectivity index (χ0) is 23.2. The Balaban J connectivity index is 1.55. The number of methoxy groups -OCH3 is 1. The van der Waals surface area contributed by atoms with Crippen LogP contribution >= 0.6 is 11.3 Å². The summed E-state index contributed by atoms with van der Waals surface area (Å²) in [4.78, 5) is 6.70. The number of pyridine rings is 1. The molecule has 2 aliphatic rings. The molecule has 0 fully saturated rings. The summed E-state index contributed by atoms with van der Waals surface area (Å²) >= 11 is 1.70. The number of hydrogen-bond donors (Lipinski definition) is 2. The Morgan fingerprint density at radius 3 is 2.97 bits per heavy atom. The number of fused-ring (bicyclic) bond motifs is 1. The molecule has 0 saturated heterocycles. The van der Waals surface area contributed by atoms with E-state index >= 15 is 0 Å². The number of hydrogen-bond acceptors (Lipinski definition) is 8. The molecule has 4 heterocycles. The molecule has 0 radical (unpaired) electrons. The second-order valence-corrected chi connectivity index (χ2v) is 9.40. The maximum absolute atomic E-state index is 15.0. The number of nitrogens with two attached hydrogens (primary N) is 1. The standard InChI is InChI=1S/C22H23F2N7OS/c1-22(32-2)6-5-15(18(23)19(22)24)31-21(28-29-30-31)14-8-13(10-27-20(14)25)16-9-12-4-3-7-26-11-17(12)33-16/h5,8-10,26H,3-4,6-7,11H2,1-2H3,(H2,25,27). The van der Waals surface area contributed by atoms with Gasteiger partial charge in [0.1, 0.15) is 17.1 Å². The van der Waals surface area contributed by atoms with Gasteiger partial charge in [-0.25, -0.2) is 13.8 Å². The molecule has 3 aromatic heterocycles. The highest BCUT2D eigenvalue weighted by Gasteiger charge is 2.38. The van der Waals surface area contributed by atoms with Crippen LogP contribution in [-0.4, -0.2) is 44.4 Å². The minimum absolute atomic E-state index is 0.0965. The van der Waals surface area contributed by atoms with Crippen LogP contribution in [0.5, 0.6) is 0 Å². The predicted molar refractivity (Wildman–Crippen MR) is 122 cm³/mol. The van der Waals surface area contributed by atoms with Crippen molar-refractivity contribution < 1.29 is 13.5 Å². The number of aromatic nitrogens is 5. The minimum Gasteiger partial charge on any atom is -0.383 e. The summed E-state index contributed by atoms with van der Waals surface area (Å²) in [5.41, 5.74) is 7.32. The topological polar surface area (TPSA) is 104 Å². The van der Waals surface area contributed by atoms with Crippen molar-refractivity contribution in [2.75, 3.05) is 19.4 Å². The number of nitrogen functional groups attached to an aromatic ring is 1. The van der Waals surface area contributed by atoms with Crippen molar-refractivity contribution in [3.05, 3.63) is 46.5 Å². The molecule has 0 bridgehead atoms. The highest BCUT2D eigenvalue weighted by Crippen LogP contribution is 2.40. The normalized spacial score (nSPS) is 21.0. The molecule has 172 valence electrons. The Bertz CT molecular complexity index is 1260. The number of ether oxygens (including phenoxy) is 1. The molecule has 1 aliphatic carbocycles. The van der Waals surface area contributed by atoms with E-state index in [9.17, 15) is 8.78 Å². The van der Waals surface area contributed by atoms with Gasteiger partial charge in [-0.1, -0.05) is 6.08 Å². The van der Waals surface area contributed by atoms with Gasteiger partial charge in [0.15, 0.2) is 17.5 Å². The van der Waals surface area contributed by atoms with Crippen LogP contribution in [0.1, 0.15) is 30.2 Å². The van der Waals surface area contributed by atoms with Gasteiger partial charge in [-0.3, -0.25) is 0 Å². The second-order valence-electron chi connectivity index (χ2n) is 8.27. The average Bonchev–Trinajstić information content (AvgIpc) is 3.40. The van der Waals surface area contributed by atoms with Gasteiger partial charge in [-0.2, -0.15) is 4.68 Å². The van der Waals surface area contributed by atoms with Crippen LogP contribution in [-0.2, 0) is 17.7 Å². The molecule has 1 atom stereocenters. The Hall–Kier alpha value is -3.02. The van der Waals surface area contributed by atoms with Crippen LogP contribution in [0.15, 0.2) is 36.1 Å². The number of aryl methyl sites for hydroxylation is 1. The number of allylic oxidation sites excluding steroid dienone is 2. The van der Waals surface area contributed by atoms with Crippen molar-refractivity contribution in [2.45, 2.75) is 38.3 Å². The van der Waals surface area contributed by atoms with E-state index in [1.54, 1.807) is 17.5 Å². The molecule has 1 unspecified atom stereocenters. The van der Waals surface area contributed by atoms with Crippen molar-refractivity contribution in [3.63, 3.8) is 0 Å². The molecule has 1 aliphatic heterocycles. The molecule has 33 heavy (non-hydrogen) atoms. The number of anilines is 1. The number of nitrogens with zero attached hydrogens (tertiary/aromatic N) is 5. The zero-order valence-electron chi connectivity index (χ0n) is 18.2. The first-order chi connectivity index (χ1) is 15.9. The fourth-order valence-corrected chi connectivity index (χ4v) is 5.21. The summed E-state index contributed by atoms with van der Waals surface area (Å²) in [6, 6.07) is 4.02. The summed E-state index contributed by atoms with van der Waals surface area (Å²) in [7, 11) is 1.34. The summed E-state index contributed by atoms with van der Waals surface area (Å²) in [6.07, 6.45) is 5.46. The molecular weight excluding hydrogens is 448 g/mol. The van der Waals surface area contributed by atoms with E-state index < -0.39 is 17.3 Å². The maximum Gasteiger partial charge on any atom is 0.190 e. The first-order valence-corrected chi connectivity index (χ1v) is 11.4. The summed E-state index contributed by atoms with van der Waals surface area (Å²) in [6.45, 7) is 3.34. The molecule has 0 aromatic carbocycles. The van der Waals surface area contributed by atoms with Crippen LogP contribution in [0.2, 0.25) is 0 Å². The van der Waals surface area contributed by atoms with E-state index in [1.165, 1.54) is 30.6 Å². The van der Waals surface area contributed by atoms with Crippen molar-refractivity contribution in [1.29, 1.82) is 0 Å². The van der Waals surface area contributed by atoms with Gasteiger partial charge in [0, 0.05) is 41.6 Å². The summed E-state index contributed by atoms with van der Waals surface area (Å²) < 4.78 is 36.0. The molecular formula is C22H23F2N7OS. The lowest BCUT2D eigenvalue weighted by Crippen LogP contribution is -2.31. The second kappa shape index (κ2) is 8.40. The highest BCUT2D eigenvalue weighted by atomic mass is 32.1. The van der Waals surface area contributed by atoms with Crippen LogP contribution in [0.4, 0.5) is 14.6 Å². The predicted octanol–water partition coefficient (Wildman–Crippen LogP) is 3.88. The van der Waals surface area contributed by atoms with Gasteiger partial charge in [0.2, 0.25) is 0 Å². The van der Waals surface area contributed by atoms with Gasteiger partial charge in [-0.15, -0.1) is 16.4 Å². The van der Waals surface area contributed by atoms with Gasteiger partial charge in [0.05, 0.1) is 5.56 Å². The summed E-state index contributed by atoms with van der Waals surface area (Å²) in [5, 5.41) is 15.1. The smallest absolute Gasteiger partial charge is 0.190 e. The fourth-order valence-electron chi connectivity index (χ4n) is 4.05. The van der Waals surface area contributed by atoms with Gasteiger partial charge in [0.25, 0.3) is 0 Å². The minimum atomic E-state index is -1.37. The largest absolute Gasteiger partial charge is 0.383 e. The van der Waals surface area contributed by atoms with E-state index in [0.717, 1.165) is 41.1 Å². The van der Waals surface area contributed by atoms with Crippen LogP contribution < -0.4 is 11.1 Å². The zero-order valence-corrected chi connectivity index (χ0v) is 19.0. The van der Waals surface area contributed by atoms with E-state index in [2.05, 4.69) is 31.9 Å². The van der Waals surface area contributed by atoms with E-state index in [1.807, 2.05) is 6.07 Å². The van der Waals surface area contributed by atoms with Crippen molar-refractivity contribution in [2.24, 2.45) is 0 Å². The number of rotatable bonds is 4. The lowest BCUT2D eigenvalue weighted by Gasteiger charge is -2.29. The summed E-state index contributed by atoms with van der Waals surface area (Å²) in [5.74, 6) is -1.71. The monoisotopic (exact) mass is 471 g/mol. The average molecular weight is 472 g/mol. The fraction of sp³-hybridized carbons (Fsp3) is 0.364. The van der Waals surface area contributed by atoms with Crippen LogP contribution in [0.3, 0.4) is 0 Å². The SMILES string of the molecule is COC1(C)CC=C(n2nnnc2-c2cc(-c3cc4c(s3)CNCCC4)cnc2N)C(F)=C1F. The van der Waals surface area contributed by atoms with E-state index in [-0.39, 0.29) is 23.8 Å². The van der Waals surface area contributed by atoms with E-state index in [4.69, 9.17) is 10.5 Å². The van der Waals surface area contributed by atoms with Gasteiger partial charge < -0.3 is 15.8 Å². The Morgan fingerprint density at radius 2 is 2.15 bits per heavy atom. The lowest BCUT2D eigenvalue weighted by atomic mass is 9.94. The third kappa shape index (κ3) is 3.75. The number of tetrazole rings is 1. The quantitative estimate of drug-likeness (QED) is 0.595. The lowest BCUT2D eigenvalue weighted by molar-refractivity contribution is 0.0182. The third-order valence-electron chi connectivity index (χ3n) is 6.14. The van der Waals surface area contributed by atoms with E-state index in [0.29, 0.717) is 5.56 Å². The Labute approximate surface area is 193 Å². The molecule has 0 amide bonds. The van der Waals surface area contributed by atoms with Crippen LogP contribution in [0.25, 0.3) is 27.5 Å². The number of nitrogens with one attached hydrogen (secondary N) is 1. The number of halogens is 2. The molecule has 3 aromatic rings. The van der Waals surface area contributed by atoms with Crippen molar-refractivity contribution >= 4 is 22.9 Å². The first-order valence-electron chi connectivity index (χ1n) is 10.6. The highest BCUT2D eigenvalue weighted by molar-refractivity contribution is 7.15. The van der Waals surface area contributed by atoms with Gasteiger partial charge >= 0.3 is 0 Å². The third-order valence-corrected chi connectivity index (χ3v) is 7.37. The van der Waals surface area contributed by atoms with Crippen LogP contribution in [0, 0.1) is 0 Å². The molecule has 5 rings (SSSR count).